The Hall–Kier alpha value is -1.66. The van der Waals surface area contributed by atoms with Gasteiger partial charge in [0.05, 0.1) is 11.1 Å². The number of fused-ring (bicyclic) bond motifs is 1. The molecule has 7 heteroatoms. The number of halogens is 1. The minimum atomic E-state index is -0.627. The second kappa shape index (κ2) is 8.99. The number of nitrogens with zero attached hydrogens (tertiary/aromatic N) is 1. The Kier molecular flexibility index (Phi) is 7.63. The molecule has 0 saturated heterocycles. The molecule has 0 saturated carbocycles. The number of cyclic esters (lactones) is 1. The van der Waals surface area contributed by atoms with Gasteiger partial charge in [0, 0.05) is 6.54 Å². The highest BCUT2D eigenvalue weighted by Crippen LogP contribution is 2.46. The van der Waals surface area contributed by atoms with Crippen molar-refractivity contribution in [3.63, 3.8) is 0 Å². The molecule has 2 rings (SSSR count). The molecule has 1 heterocycles. The first kappa shape index (κ1) is 20.4. The molecule has 24 heavy (non-hydrogen) atoms. The third-order valence-electron chi connectivity index (χ3n) is 4.16. The van der Waals surface area contributed by atoms with Crippen LogP contribution >= 0.6 is 12.4 Å². The summed E-state index contributed by atoms with van der Waals surface area (Å²) in [5.41, 5.74) is 0.386. The molecule has 0 spiro atoms. The Labute approximate surface area is 148 Å². The fourth-order valence-corrected chi connectivity index (χ4v) is 2.83. The summed E-state index contributed by atoms with van der Waals surface area (Å²) in [6.07, 6.45) is 3.61. The van der Waals surface area contributed by atoms with Gasteiger partial charge in [0.25, 0.3) is 0 Å². The highest BCUT2D eigenvalue weighted by atomic mass is 35.5. The van der Waals surface area contributed by atoms with Crippen LogP contribution in [0.15, 0.2) is 6.07 Å². The molecule has 1 aliphatic rings. The van der Waals surface area contributed by atoms with Crippen molar-refractivity contribution in [3.8, 4) is 17.2 Å². The first-order valence-corrected chi connectivity index (χ1v) is 8.20. The number of phenols is 3. The standard InChI is InChI=1S/C17H25NO5.ClH/c1-3-5-7-18(8-6-4-2)10-13-14-11(17(22)23-13)9-12(19)15(20)16(14)21;/h9,13,19-21H,3-8,10H2,1-2H3;1H. The second-order valence-electron chi connectivity index (χ2n) is 5.96. The van der Waals surface area contributed by atoms with Crippen molar-refractivity contribution >= 4 is 18.4 Å². The van der Waals surface area contributed by atoms with Crippen LogP contribution in [0.1, 0.15) is 61.6 Å². The van der Waals surface area contributed by atoms with Gasteiger partial charge in [-0.3, -0.25) is 4.90 Å². The number of carbonyl (C=O) groups excluding carboxylic acids is 1. The summed E-state index contributed by atoms with van der Waals surface area (Å²) in [4.78, 5) is 14.2. The predicted octanol–water partition coefficient (Wildman–Crippen LogP) is 3.34. The maximum atomic E-state index is 12.0. The minimum Gasteiger partial charge on any atom is -0.504 e. The predicted molar refractivity (Wildman–Crippen MR) is 93.1 cm³/mol. The number of hydrogen-bond donors (Lipinski definition) is 3. The van der Waals surface area contributed by atoms with Crippen LogP contribution in [0.5, 0.6) is 17.2 Å². The number of rotatable bonds is 8. The molecule has 0 fully saturated rings. The Balaban J connectivity index is 0.00000288. The topological polar surface area (TPSA) is 90.2 Å². The molecule has 0 amide bonds. The van der Waals surface area contributed by atoms with Gasteiger partial charge in [-0.1, -0.05) is 26.7 Å². The van der Waals surface area contributed by atoms with Gasteiger partial charge in [-0.2, -0.15) is 0 Å². The average Bonchev–Trinajstić information content (AvgIpc) is 2.83. The third-order valence-corrected chi connectivity index (χ3v) is 4.16. The number of unbranched alkanes of at least 4 members (excludes halogenated alkanes) is 2. The molecule has 1 atom stereocenters. The van der Waals surface area contributed by atoms with E-state index in [1.165, 1.54) is 0 Å². The van der Waals surface area contributed by atoms with Crippen molar-refractivity contribution in [2.24, 2.45) is 0 Å². The number of hydrogen-bond acceptors (Lipinski definition) is 6. The lowest BCUT2D eigenvalue weighted by Gasteiger charge is -2.25. The Bertz CT molecular complexity index is 571. The fourth-order valence-electron chi connectivity index (χ4n) is 2.83. The SMILES string of the molecule is CCCCN(CCCC)CC1OC(=O)c2cc(O)c(O)c(O)c21.Cl. The van der Waals surface area contributed by atoms with Gasteiger partial charge in [-0.25, -0.2) is 4.79 Å². The molecular formula is C17H26ClNO5. The van der Waals surface area contributed by atoms with E-state index in [4.69, 9.17) is 4.74 Å². The zero-order valence-electron chi connectivity index (χ0n) is 14.1. The normalized spacial score (nSPS) is 16.0. The molecule has 0 radical (unpaired) electrons. The van der Waals surface area contributed by atoms with Crippen LogP contribution in [0.3, 0.4) is 0 Å². The van der Waals surface area contributed by atoms with E-state index in [1.807, 2.05) is 0 Å². The minimum absolute atomic E-state index is 0. The largest absolute Gasteiger partial charge is 0.504 e. The van der Waals surface area contributed by atoms with Gasteiger partial charge in [0.15, 0.2) is 11.5 Å². The summed E-state index contributed by atoms with van der Waals surface area (Å²) in [6.45, 7) is 6.50. The van der Waals surface area contributed by atoms with Crippen molar-refractivity contribution < 1.29 is 24.9 Å². The first-order valence-electron chi connectivity index (χ1n) is 8.20. The first-order chi connectivity index (χ1) is 11.0. The van der Waals surface area contributed by atoms with Crippen molar-refractivity contribution in [2.45, 2.75) is 45.6 Å². The van der Waals surface area contributed by atoms with E-state index in [0.717, 1.165) is 44.8 Å². The number of ether oxygens (including phenoxy) is 1. The van der Waals surface area contributed by atoms with E-state index < -0.39 is 29.3 Å². The van der Waals surface area contributed by atoms with E-state index in [2.05, 4.69) is 18.7 Å². The monoisotopic (exact) mass is 359 g/mol. The van der Waals surface area contributed by atoms with Crippen LogP contribution in [0.25, 0.3) is 0 Å². The average molecular weight is 360 g/mol. The highest BCUT2D eigenvalue weighted by molar-refractivity contribution is 5.96. The molecule has 136 valence electrons. The number of esters is 1. The molecular weight excluding hydrogens is 334 g/mol. The number of phenolic OH excluding ortho intramolecular Hbond substituents is 3. The lowest BCUT2D eigenvalue weighted by molar-refractivity contribution is 0.0287. The summed E-state index contributed by atoms with van der Waals surface area (Å²) in [7, 11) is 0. The summed E-state index contributed by atoms with van der Waals surface area (Å²) in [5.74, 6) is -2.18. The van der Waals surface area contributed by atoms with Gasteiger partial charge >= 0.3 is 5.97 Å². The van der Waals surface area contributed by atoms with Crippen LogP contribution in [0.4, 0.5) is 0 Å². The van der Waals surface area contributed by atoms with Gasteiger partial charge in [0.2, 0.25) is 5.75 Å². The highest BCUT2D eigenvalue weighted by Gasteiger charge is 2.37. The van der Waals surface area contributed by atoms with Gasteiger partial charge < -0.3 is 20.1 Å². The Morgan fingerprint density at radius 1 is 1.08 bits per heavy atom. The van der Waals surface area contributed by atoms with Crippen LogP contribution in [-0.2, 0) is 4.74 Å². The van der Waals surface area contributed by atoms with Crippen molar-refractivity contribution in [3.05, 3.63) is 17.2 Å². The fraction of sp³-hybridized carbons (Fsp3) is 0.588. The lowest BCUT2D eigenvalue weighted by atomic mass is 10.0. The van der Waals surface area contributed by atoms with Crippen LogP contribution < -0.4 is 0 Å². The van der Waals surface area contributed by atoms with Crippen molar-refractivity contribution in [2.75, 3.05) is 19.6 Å². The Morgan fingerprint density at radius 2 is 1.67 bits per heavy atom. The molecule has 3 N–H and O–H groups in total. The van der Waals surface area contributed by atoms with Crippen molar-refractivity contribution in [1.29, 1.82) is 0 Å². The maximum absolute atomic E-state index is 12.0. The molecule has 1 aromatic rings. The third kappa shape index (κ3) is 4.24. The lowest BCUT2D eigenvalue weighted by Crippen LogP contribution is -2.31. The summed E-state index contributed by atoms with van der Waals surface area (Å²) in [5, 5.41) is 29.4. The number of carbonyl (C=O) groups is 1. The summed E-state index contributed by atoms with van der Waals surface area (Å²) >= 11 is 0. The van der Waals surface area contributed by atoms with Crippen LogP contribution in [-0.4, -0.2) is 45.8 Å². The van der Waals surface area contributed by atoms with Crippen molar-refractivity contribution in [1.82, 2.24) is 4.90 Å². The molecule has 0 bridgehead atoms. The Morgan fingerprint density at radius 3 is 2.21 bits per heavy atom. The number of aromatic hydroxyl groups is 3. The molecule has 0 aromatic heterocycles. The maximum Gasteiger partial charge on any atom is 0.339 e. The van der Waals surface area contributed by atoms with Gasteiger partial charge in [-0.05, 0) is 32.0 Å². The quantitative estimate of drug-likeness (QED) is 0.487. The van der Waals surface area contributed by atoms with E-state index >= 15 is 0 Å². The van der Waals surface area contributed by atoms with E-state index in [1.54, 1.807) is 0 Å². The zero-order chi connectivity index (χ0) is 17.0. The summed E-state index contributed by atoms with van der Waals surface area (Å²) < 4.78 is 5.35. The van der Waals surface area contributed by atoms with Gasteiger partial charge in [-0.15, -0.1) is 12.4 Å². The molecule has 6 nitrogen and oxygen atoms in total. The molecule has 0 aliphatic carbocycles. The van der Waals surface area contributed by atoms with Gasteiger partial charge in [0.1, 0.15) is 6.10 Å². The van der Waals surface area contributed by atoms with Crippen LogP contribution in [0.2, 0.25) is 0 Å². The second-order valence-corrected chi connectivity index (χ2v) is 5.96. The van der Waals surface area contributed by atoms with E-state index in [-0.39, 0.29) is 23.5 Å². The molecule has 1 aromatic carbocycles. The smallest absolute Gasteiger partial charge is 0.339 e. The number of benzene rings is 1. The molecule has 1 aliphatic heterocycles. The van der Waals surface area contributed by atoms with E-state index in [9.17, 15) is 20.1 Å². The molecule has 1 unspecified atom stereocenters. The van der Waals surface area contributed by atoms with E-state index in [0.29, 0.717) is 6.54 Å². The summed E-state index contributed by atoms with van der Waals surface area (Å²) in [6, 6.07) is 1.15. The zero-order valence-corrected chi connectivity index (χ0v) is 14.9. The van der Waals surface area contributed by atoms with Crippen LogP contribution in [0, 0.1) is 0 Å².